The van der Waals surface area contributed by atoms with E-state index in [1.54, 1.807) is 14.0 Å². The van der Waals surface area contributed by atoms with Crippen molar-refractivity contribution < 1.29 is 14.3 Å². The van der Waals surface area contributed by atoms with Crippen LogP contribution in [0.4, 0.5) is 0 Å². The molecule has 1 amide bonds. The summed E-state index contributed by atoms with van der Waals surface area (Å²) in [5.74, 6) is 0.538. The largest absolute Gasteiger partial charge is 0.491 e. The number of carbonyl (C=O) groups is 1. The summed E-state index contributed by atoms with van der Waals surface area (Å²) < 4.78 is 10.5. The Labute approximate surface area is 114 Å². The molecular weight excluding hydrogens is 244 g/mol. The molecule has 1 aromatic carbocycles. The molecule has 19 heavy (non-hydrogen) atoms. The second kappa shape index (κ2) is 8.50. The Bertz CT molecular complexity index is 396. The minimum atomic E-state index is -0.179. The molecule has 0 saturated heterocycles. The summed E-state index contributed by atoms with van der Waals surface area (Å²) in [6, 6.07) is 7.62. The van der Waals surface area contributed by atoms with Crippen LogP contribution in [0.5, 0.6) is 5.75 Å². The van der Waals surface area contributed by atoms with Gasteiger partial charge in [-0.3, -0.25) is 4.79 Å². The fraction of sp³-hybridized carbons (Fsp3) is 0.500. The van der Waals surface area contributed by atoms with Gasteiger partial charge < -0.3 is 20.5 Å². The van der Waals surface area contributed by atoms with Gasteiger partial charge in [0.05, 0.1) is 6.61 Å². The molecule has 106 valence electrons. The van der Waals surface area contributed by atoms with Gasteiger partial charge in [-0.15, -0.1) is 0 Å². The molecule has 0 spiro atoms. The molecule has 0 bridgehead atoms. The maximum atomic E-state index is 11.7. The number of carbonyl (C=O) groups excluding carboxylic acids is 1. The van der Waals surface area contributed by atoms with Crippen molar-refractivity contribution in [2.45, 2.75) is 13.5 Å². The van der Waals surface area contributed by atoms with E-state index < -0.39 is 0 Å². The van der Waals surface area contributed by atoms with Crippen molar-refractivity contribution in [1.82, 2.24) is 5.32 Å². The predicted molar refractivity (Wildman–Crippen MR) is 73.9 cm³/mol. The highest BCUT2D eigenvalue weighted by atomic mass is 16.5. The highest BCUT2D eigenvalue weighted by molar-refractivity contribution is 5.78. The minimum Gasteiger partial charge on any atom is -0.491 e. The summed E-state index contributed by atoms with van der Waals surface area (Å²) >= 11 is 0. The number of amides is 1. The molecule has 0 aliphatic heterocycles. The maximum absolute atomic E-state index is 11.7. The Morgan fingerprint density at radius 2 is 2.11 bits per heavy atom. The molecule has 1 rings (SSSR count). The van der Waals surface area contributed by atoms with Crippen LogP contribution in [-0.4, -0.2) is 32.8 Å². The third-order valence-corrected chi connectivity index (χ3v) is 2.77. The third kappa shape index (κ3) is 5.28. The first-order valence-electron chi connectivity index (χ1n) is 6.36. The highest BCUT2D eigenvalue weighted by Gasteiger charge is 2.11. The molecule has 3 N–H and O–H groups in total. The fourth-order valence-electron chi connectivity index (χ4n) is 1.49. The quantitative estimate of drug-likeness (QED) is 0.686. The number of hydrogen-bond acceptors (Lipinski definition) is 4. The van der Waals surface area contributed by atoms with Gasteiger partial charge in [0, 0.05) is 31.7 Å². The van der Waals surface area contributed by atoms with Crippen LogP contribution in [0, 0.1) is 5.92 Å². The van der Waals surface area contributed by atoms with E-state index in [0.29, 0.717) is 26.3 Å². The summed E-state index contributed by atoms with van der Waals surface area (Å²) in [7, 11) is 1.63. The van der Waals surface area contributed by atoms with Gasteiger partial charge in [0.25, 0.3) is 0 Å². The zero-order valence-electron chi connectivity index (χ0n) is 11.5. The molecule has 5 nitrogen and oxygen atoms in total. The number of nitrogens with one attached hydrogen (secondary N) is 1. The first-order chi connectivity index (χ1) is 9.19. The number of rotatable bonds is 8. The molecule has 0 saturated carbocycles. The zero-order valence-corrected chi connectivity index (χ0v) is 11.5. The van der Waals surface area contributed by atoms with Gasteiger partial charge in [0.1, 0.15) is 12.4 Å². The normalized spacial score (nSPS) is 11.9. The van der Waals surface area contributed by atoms with E-state index >= 15 is 0 Å². The van der Waals surface area contributed by atoms with Crippen LogP contribution in [0.1, 0.15) is 12.5 Å². The van der Waals surface area contributed by atoms with Gasteiger partial charge in [0.2, 0.25) is 5.91 Å². The van der Waals surface area contributed by atoms with Crippen molar-refractivity contribution in [1.29, 1.82) is 0 Å². The first-order valence-corrected chi connectivity index (χ1v) is 6.36. The van der Waals surface area contributed by atoms with Crippen LogP contribution < -0.4 is 15.8 Å². The smallest absolute Gasteiger partial charge is 0.224 e. The number of benzene rings is 1. The lowest BCUT2D eigenvalue weighted by Crippen LogP contribution is -2.32. The molecule has 0 aliphatic rings. The van der Waals surface area contributed by atoms with Crippen LogP contribution in [0.3, 0.4) is 0 Å². The molecule has 1 atom stereocenters. The number of ether oxygens (including phenoxy) is 2. The monoisotopic (exact) mass is 266 g/mol. The molecule has 1 unspecified atom stereocenters. The average Bonchev–Trinajstić information content (AvgIpc) is 2.45. The van der Waals surface area contributed by atoms with Crippen molar-refractivity contribution in [2.24, 2.45) is 11.7 Å². The van der Waals surface area contributed by atoms with Crippen molar-refractivity contribution in [3.8, 4) is 5.75 Å². The van der Waals surface area contributed by atoms with Gasteiger partial charge in [-0.2, -0.15) is 0 Å². The Morgan fingerprint density at radius 3 is 2.79 bits per heavy atom. The van der Waals surface area contributed by atoms with Gasteiger partial charge in [0.15, 0.2) is 0 Å². The van der Waals surface area contributed by atoms with E-state index in [0.717, 1.165) is 11.3 Å². The SMILES string of the molecule is COCCOc1ccccc1CNC(=O)C(C)CN. The number of methoxy groups -OCH3 is 1. The van der Waals surface area contributed by atoms with E-state index in [9.17, 15) is 4.79 Å². The van der Waals surface area contributed by atoms with Crippen molar-refractivity contribution in [2.75, 3.05) is 26.9 Å². The van der Waals surface area contributed by atoms with Crippen molar-refractivity contribution in [3.05, 3.63) is 29.8 Å². The van der Waals surface area contributed by atoms with Gasteiger partial charge in [-0.25, -0.2) is 0 Å². The summed E-state index contributed by atoms with van der Waals surface area (Å²) in [4.78, 5) is 11.7. The molecule has 1 aromatic rings. The summed E-state index contributed by atoms with van der Waals surface area (Å²) in [5, 5.41) is 2.85. The van der Waals surface area contributed by atoms with Crippen LogP contribution >= 0.6 is 0 Å². The fourth-order valence-corrected chi connectivity index (χ4v) is 1.49. The standard InChI is InChI=1S/C14H22N2O3/c1-11(9-15)14(17)16-10-12-5-3-4-6-13(12)19-8-7-18-2/h3-6,11H,7-10,15H2,1-2H3,(H,16,17). The minimum absolute atomic E-state index is 0.0470. The number of nitrogens with two attached hydrogens (primary N) is 1. The summed E-state index contributed by atoms with van der Waals surface area (Å²) in [6.45, 7) is 3.60. The highest BCUT2D eigenvalue weighted by Crippen LogP contribution is 2.17. The Hall–Kier alpha value is -1.59. The molecular formula is C14H22N2O3. The van der Waals surface area contributed by atoms with E-state index in [1.807, 2.05) is 24.3 Å². The zero-order chi connectivity index (χ0) is 14.1. The molecule has 0 aliphatic carbocycles. The van der Waals surface area contributed by atoms with E-state index in [-0.39, 0.29) is 11.8 Å². The first kappa shape index (κ1) is 15.5. The van der Waals surface area contributed by atoms with Crippen LogP contribution in [-0.2, 0) is 16.1 Å². The lowest BCUT2D eigenvalue weighted by atomic mass is 10.1. The lowest BCUT2D eigenvalue weighted by molar-refractivity contribution is -0.124. The predicted octanol–water partition coefficient (Wildman–Crippen LogP) is 0.923. The number of para-hydroxylation sites is 1. The van der Waals surface area contributed by atoms with Gasteiger partial charge in [-0.1, -0.05) is 25.1 Å². The Balaban J connectivity index is 2.55. The Kier molecular flexibility index (Phi) is 6.92. The van der Waals surface area contributed by atoms with Crippen LogP contribution in [0.2, 0.25) is 0 Å². The van der Waals surface area contributed by atoms with Gasteiger partial charge >= 0.3 is 0 Å². The lowest BCUT2D eigenvalue weighted by Gasteiger charge is -2.13. The van der Waals surface area contributed by atoms with E-state index in [1.165, 1.54) is 0 Å². The van der Waals surface area contributed by atoms with Gasteiger partial charge in [-0.05, 0) is 6.07 Å². The summed E-state index contributed by atoms with van der Waals surface area (Å²) in [6.07, 6.45) is 0. The molecule has 0 fully saturated rings. The average molecular weight is 266 g/mol. The Morgan fingerprint density at radius 1 is 1.37 bits per heavy atom. The molecule has 5 heteroatoms. The second-order valence-corrected chi connectivity index (χ2v) is 4.30. The van der Waals surface area contributed by atoms with E-state index in [4.69, 9.17) is 15.2 Å². The van der Waals surface area contributed by atoms with Crippen molar-refractivity contribution >= 4 is 5.91 Å². The summed E-state index contributed by atoms with van der Waals surface area (Å²) in [5.41, 5.74) is 6.39. The van der Waals surface area contributed by atoms with Crippen LogP contribution in [0.25, 0.3) is 0 Å². The topological polar surface area (TPSA) is 73.6 Å². The van der Waals surface area contributed by atoms with Crippen molar-refractivity contribution in [3.63, 3.8) is 0 Å². The van der Waals surface area contributed by atoms with Crippen LogP contribution in [0.15, 0.2) is 24.3 Å². The van der Waals surface area contributed by atoms with E-state index in [2.05, 4.69) is 5.32 Å². The maximum Gasteiger partial charge on any atom is 0.224 e. The molecule has 0 heterocycles. The third-order valence-electron chi connectivity index (χ3n) is 2.77. The molecule has 0 radical (unpaired) electrons. The molecule has 0 aromatic heterocycles. The second-order valence-electron chi connectivity index (χ2n) is 4.30. The number of hydrogen-bond donors (Lipinski definition) is 2.